The lowest BCUT2D eigenvalue weighted by Gasteiger charge is -2.45. The second-order valence-corrected chi connectivity index (χ2v) is 8.04. The van der Waals surface area contributed by atoms with E-state index in [0.29, 0.717) is 5.92 Å². The SMILES string of the molecule is CC=C(C(C)=O)[C@H]1CC2N(CC[C@@]23C(=O)Nc2ccccc23)C[C@@H]1CC. The average molecular weight is 352 g/mol. The zero-order chi connectivity index (χ0) is 18.5. The van der Waals surface area contributed by atoms with Crippen LogP contribution in [0.25, 0.3) is 0 Å². The van der Waals surface area contributed by atoms with Crippen LogP contribution in [0.3, 0.4) is 0 Å². The van der Waals surface area contributed by atoms with E-state index in [4.69, 9.17) is 0 Å². The summed E-state index contributed by atoms with van der Waals surface area (Å²) in [5, 5.41) is 3.12. The molecule has 2 saturated heterocycles. The third-order valence-corrected chi connectivity index (χ3v) is 7.02. The summed E-state index contributed by atoms with van der Waals surface area (Å²) in [6, 6.07) is 8.31. The summed E-state index contributed by atoms with van der Waals surface area (Å²) in [7, 11) is 0. The number of hydrogen-bond donors (Lipinski definition) is 1. The van der Waals surface area contributed by atoms with Crippen molar-refractivity contribution in [2.75, 3.05) is 18.4 Å². The lowest BCUT2D eigenvalue weighted by Crippen LogP contribution is -2.53. The third kappa shape index (κ3) is 2.31. The smallest absolute Gasteiger partial charge is 0.236 e. The summed E-state index contributed by atoms with van der Waals surface area (Å²) in [6.07, 6.45) is 4.82. The molecule has 1 aromatic carbocycles. The molecule has 3 heterocycles. The van der Waals surface area contributed by atoms with Gasteiger partial charge in [-0.25, -0.2) is 0 Å². The molecule has 0 aromatic heterocycles. The summed E-state index contributed by atoms with van der Waals surface area (Å²) >= 11 is 0. The molecule has 1 spiro atoms. The minimum absolute atomic E-state index is 0.143. The zero-order valence-electron chi connectivity index (χ0n) is 15.9. The van der Waals surface area contributed by atoms with Crippen molar-refractivity contribution in [3.8, 4) is 0 Å². The van der Waals surface area contributed by atoms with Gasteiger partial charge >= 0.3 is 0 Å². The van der Waals surface area contributed by atoms with Crippen molar-refractivity contribution in [2.24, 2.45) is 11.8 Å². The number of Topliss-reactive ketones (excluding diaryl/α,β-unsaturated/α-hetero) is 1. The second kappa shape index (κ2) is 6.34. The molecule has 1 aromatic rings. The van der Waals surface area contributed by atoms with Crippen LogP contribution in [0.1, 0.15) is 45.6 Å². The highest BCUT2D eigenvalue weighted by Gasteiger charge is 2.59. The summed E-state index contributed by atoms with van der Waals surface area (Å²) in [4.78, 5) is 27.9. The Balaban J connectivity index is 1.75. The summed E-state index contributed by atoms with van der Waals surface area (Å²) < 4.78 is 0. The van der Waals surface area contributed by atoms with E-state index in [1.165, 1.54) is 0 Å². The van der Waals surface area contributed by atoms with E-state index in [1.54, 1.807) is 6.92 Å². The predicted molar refractivity (Wildman–Crippen MR) is 103 cm³/mol. The van der Waals surface area contributed by atoms with Crippen LogP contribution in [0.2, 0.25) is 0 Å². The molecular weight excluding hydrogens is 324 g/mol. The maximum absolute atomic E-state index is 13.1. The predicted octanol–water partition coefficient (Wildman–Crippen LogP) is 3.53. The Morgan fingerprint density at radius 3 is 2.85 bits per heavy atom. The number of carbonyl (C=O) groups is 2. The number of rotatable bonds is 3. The molecule has 0 aliphatic carbocycles. The number of benzene rings is 1. The molecule has 1 unspecified atom stereocenters. The van der Waals surface area contributed by atoms with Gasteiger partial charge in [0, 0.05) is 18.3 Å². The van der Waals surface area contributed by atoms with Gasteiger partial charge in [-0.05, 0) is 62.3 Å². The molecule has 1 amide bonds. The number of piperidine rings is 1. The normalized spacial score (nSPS) is 33.9. The van der Waals surface area contributed by atoms with Crippen molar-refractivity contribution in [1.82, 2.24) is 4.90 Å². The molecule has 0 saturated carbocycles. The van der Waals surface area contributed by atoms with Gasteiger partial charge in [0.05, 0.1) is 5.41 Å². The van der Waals surface area contributed by atoms with E-state index < -0.39 is 5.41 Å². The van der Waals surface area contributed by atoms with Crippen LogP contribution in [-0.4, -0.2) is 35.7 Å². The number of anilines is 1. The van der Waals surface area contributed by atoms with E-state index >= 15 is 0 Å². The average Bonchev–Trinajstić information content (AvgIpc) is 3.14. The van der Waals surface area contributed by atoms with E-state index in [9.17, 15) is 9.59 Å². The van der Waals surface area contributed by atoms with Crippen molar-refractivity contribution in [1.29, 1.82) is 0 Å². The van der Waals surface area contributed by atoms with Crippen molar-refractivity contribution >= 4 is 17.4 Å². The van der Waals surface area contributed by atoms with Gasteiger partial charge in [0.15, 0.2) is 5.78 Å². The van der Waals surface area contributed by atoms with Gasteiger partial charge in [-0.3, -0.25) is 14.5 Å². The van der Waals surface area contributed by atoms with Crippen LogP contribution in [0.5, 0.6) is 0 Å². The molecule has 4 nitrogen and oxygen atoms in total. The zero-order valence-corrected chi connectivity index (χ0v) is 15.9. The highest BCUT2D eigenvalue weighted by molar-refractivity contribution is 6.07. The third-order valence-electron chi connectivity index (χ3n) is 7.02. The van der Waals surface area contributed by atoms with Gasteiger partial charge < -0.3 is 5.32 Å². The number of para-hydroxylation sites is 1. The molecule has 138 valence electrons. The molecule has 26 heavy (non-hydrogen) atoms. The first-order chi connectivity index (χ1) is 12.5. The second-order valence-electron chi connectivity index (χ2n) is 8.04. The maximum atomic E-state index is 13.1. The lowest BCUT2D eigenvalue weighted by molar-refractivity contribution is -0.122. The lowest BCUT2D eigenvalue weighted by atomic mass is 9.67. The maximum Gasteiger partial charge on any atom is 0.236 e. The van der Waals surface area contributed by atoms with E-state index in [-0.39, 0.29) is 23.7 Å². The molecule has 0 bridgehead atoms. The highest BCUT2D eigenvalue weighted by Crippen LogP contribution is 2.53. The number of ketones is 1. The fraction of sp³-hybridized carbons (Fsp3) is 0.545. The first-order valence-electron chi connectivity index (χ1n) is 9.85. The van der Waals surface area contributed by atoms with Crippen LogP contribution in [-0.2, 0) is 15.0 Å². The largest absolute Gasteiger partial charge is 0.325 e. The summed E-state index contributed by atoms with van der Waals surface area (Å²) in [5.74, 6) is 1.05. The van der Waals surface area contributed by atoms with E-state index in [0.717, 1.165) is 49.2 Å². The number of hydrogen-bond acceptors (Lipinski definition) is 3. The van der Waals surface area contributed by atoms with Crippen molar-refractivity contribution < 1.29 is 9.59 Å². The Morgan fingerprint density at radius 2 is 2.15 bits per heavy atom. The first kappa shape index (κ1) is 17.5. The molecule has 0 radical (unpaired) electrons. The van der Waals surface area contributed by atoms with Gasteiger partial charge in [-0.2, -0.15) is 0 Å². The molecule has 3 aliphatic heterocycles. The van der Waals surface area contributed by atoms with Crippen LogP contribution in [0.4, 0.5) is 5.69 Å². The number of carbonyl (C=O) groups excluding carboxylic acids is 2. The van der Waals surface area contributed by atoms with Crippen molar-refractivity contribution in [3.05, 3.63) is 41.5 Å². The molecule has 4 atom stereocenters. The fourth-order valence-corrected chi connectivity index (χ4v) is 5.77. The van der Waals surface area contributed by atoms with E-state index in [1.807, 2.05) is 31.2 Å². The molecule has 4 rings (SSSR count). The molecule has 2 fully saturated rings. The Hall–Kier alpha value is -1.94. The van der Waals surface area contributed by atoms with Gasteiger partial charge in [-0.1, -0.05) is 37.6 Å². The molecular formula is C22H28N2O2. The van der Waals surface area contributed by atoms with Gasteiger partial charge in [0.1, 0.15) is 0 Å². The van der Waals surface area contributed by atoms with Crippen LogP contribution in [0, 0.1) is 11.8 Å². The minimum Gasteiger partial charge on any atom is -0.325 e. The Bertz CT molecular complexity index is 784. The molecule has 4 heteroatoms. The Kier molecular flexibility index (Phi) is 4.26. The van der Waals surface area contributed by atoms with Gasteiger partial charge in [0.25, 0.3) is 0 Å². The standard InChI is InChI=1S/C22H28N2O2/c1-4-15-13-24-11-10-22(18-8-6-7-9-19(18)23-21(22)26)20(24)12-17(15)16(5-2)14(3)25/h5-9,15,17,20H,4,10-13H2,1-3H3,(H,23,26)/t15-,17-,20?,22-/m0/s1. The van der Waals surface area contributed by atoms with Crippen LogP contribution >= 0.6 is 0 Å². The fourth-order valence-electron chi connectivity index (χ4n) is 5.77. The van der Waals surface area contributed by atoms with Crippen molar-refractivity contribution in [3.63, 3.8) is 0 Å². The summed E-state index contributed by atoms with van der Waals surface area (Å²) in [6.45, 7) is 7.80. The van der Waals surface area contributed by atoms with E-state index in [2.05, 4.69) is 23.2 Å². The highest BCUT2D eigenvalue weighted by atomic mass is 16.2. The number of fused-ring (bicyclic) bond motifs is 4. The monoisotopic (exact) mass is 352 g/mol. The number of nitrogens with zero attached hydrogens (tertiary/aromatic N) is 1. The van der Waals surface area contributed by atoms with Gasteiger partial charge in [-0.15, -0.1) is 0 Å². The van der Waals surface area contributed by atoms with Crippen LogP contribution in [0.15, 0.2) is 35.9 Å². The van der Waals surface area contributed by atoms with Crippen molar-refractivity contribution in [2.45, 2.75) is 51.5 Å². The molecule has 3 aliphatic rings. The number of nitrogens with one attached hydrogen (secondary N) is 1. The quantitative estimate of drug-likeness (QED) is 0.847. The minimum atomic E-state index is -0.455. The Labute approximate surface area is 155 Å². The first-order valence-corrected chi connectivity index (χ1v) is 9.85. The van der Waals surface area contributed by atoms with Crippen LogP contribution < -0.4 is 5.32 Å². The topological polar surface area (TPSA) is 49.4 Å². The number of amides is 1. The number of allylic oxidation sites excluding steroid dienone is 2. The van der Waals surface area contributed by atoms with Gasteiger partial charge in [0.2, 0.25) is 5.91 Å². The Morgan fingerprint density at radius 1 is 1.38 bits per heavy atom. The summed E-state index contributed by atoms with van der Waals surface area (Å²) in [5.41, 5.74) is 2.61. The molecule has 1 N–H and O–H groups in total.